The van der Waals surface area contributed by atoms with Gasteiger partial charge in [-0.15, -0.1) is 24.8 Å². The zero-order valence-electron chi connectivity index (χ0n) is 9.90. The molecular weight excluding hydrogens is 379 g/mol. The van der Waals surface area contributed by atoms with Gasteiger partial charge in [0, 0.05) is 0 Å². The molecule has 2 aliphatic rings. The van der Waals surface area contributed by atoms with Crippen molar-refractivity contribution in [2.75, 3.05) is 0 Å². The van der Waals surface area contributed by atoms with E-state index >= 15 is 0 Å². The monoisotopic (exact) mass is 398 g/mol. The first kappa shape index (κ1) is 17.0. The molecule has 0 saturated heterocycles. The second-order valence-corrected chi connectivity index (χ2v) is 48.0. The summed E-state index contributed by atoms with van der Waals surface area (Å²) in [5.74, 6) is 0. The van der Waals surface area contributed by atoms with Crippen LogP contribution in [0.5, 0.6) is 0 Å². The van der Waals surface area contributed by atoms with Gasteiger partial charge in [0.05, 0.1) is 0 Å². The summed E-state index contributed by atoms with van der Waals surface area (Å²) in [6.45, 7) is 0. The molecule has 0 aromatic carbocycles. The van der Waals surface area contributed by atoms with E-state index in [0.29, 0.717) is 0 Å². The van der Waals surface area contributed by atoms with Gasteiger partial charge in [0.1, 0.15) is 0 Å². The minimum atomic E-state index is -2.52. The Morgan fingerprint density at radius 2 is 1.31 bits per heavy atom. The Kier molecular flexibility index (Phi) is 6.08. The molecule has 0 amide bonds. The van der Waals surface area contributed by atoms with Crippen molar-refractivity contribution in [3.63, 3.8) is 0 Å². The summed E-state index contributed by atoms with van der Waals surface area (Å²) in [4.78, 5) is 0. The van der Waals surface area contributed by atoms with Crippen LogP contribution in [0.4, 0.5) is 0 Å². The summed E-state index contributed by atoms with van der Waals surface area (Å²) in [5.41, 5.74) is 0. The van der Waals surface area contributed by atoms with Gasteiger partial charge in [0.25, 0.3) is 0 Å². The van der Waals surface area contributed by atoms with Crippen LogP contribution in [0, 0.1) is 0 Å². The van der Waals surface area contributed by atoms with Crippen LogP contribution >= 0.6 is 24.8 Å². The van der Waals surface area contributed by atoms with Gasteiger partial charge in [-0.25, -0.2) is 0 Å². The molecule has 0 nitrogen and oxygen atoms in total. The molecule has 16 heavy (non-hydrogen) atoms. The normalized spacial score (nSPS) is 18.7. The standard InChI is InChI=1S/2C5H5.2CH3.2ClH.GeH2.Zr/c2*1-2-4-5-3-1;;;;;;/h2*1-3H,4H2;2*1H3;2*1H;1H2;. The summed E-state index contributed by atoms with van der Waals surface area (Å²) in [6.07, 6.45) is 16.4. The zero-order chi connectivity index (χ0) is 10.3. The summed E-state index contributed by atoms with van der Waals surface area (Å²) in [5, 5.41) is 0. The van der Waals surface area contributed by atoms with E-state index in [1.165, 1.54) is 25.0 Å². The molecule has 0 unspecified atom stereocenters. The maximum atomic E-state index is 2.61. The van der Waals surface area contributed by atoms with Crippen LogP contribution in [0.25, 0.3) is 0 Å². The Hall–Kier alpha value is 0.966. The topological polar surface area (TPSA) is 0 Å². The fraction of sp³-hybridized carbons (Fsp3) is 0.333. The van der Waals surface area contributed by atoms with Crippen molar-refractivity contribution in [3.8, 4) is 0 Å². The van der Waals surface area contributed by atoms with Crippen molar-refractivity contribution in [2.45, 2.75) is 22.1 Å². The van der Waals surface area contributed by atoms with Crippen LogP contribution in [-0.4, -0.2) is 12.1 Å². The van der Waals surface area contributed by atoms with Crippen molar-refractivity contribution in [1.82, 2.24) is 0 Å². The number of allylic oxidation sites excluding steroid dienone is 8. The van der Waals surface area contributed by atoms with Crippen molar-refractivity contribution in [1.29, 1.82) is 0 Å². The van der Waals surface area contributed by atoms with Crippen molar-refractivity contribution in [3.05, 3.63) is 43.0 Å². The average molecular weight is 399 g/mol. The zero-order valence-corrected chi connectivity index (χ0v) is 17.0. The third-order valence-electron chi connectivity index (χ3n) is 3.60. The van der Waals surface area contributed by atoms with Crippen molar-refractivity contribution >= 4 is 37.0 Å². The third-order valence-corrected chi connectivity index (χ3v) is 26.8. The molecule has 0 N–H and O–H groups in total. The molecule has 2 aliphatic carbocycles. The van der Waals surface area contributed by atoms with Crippen LogP contribution < -0.4 is 0 Å². The molecule has 0 aliphatic heterocycles. The Labute approximate surface area is 116 Å². The fourth-order valence-electron chi connectivity index (χ4n) is 2.29. The second kappa shape index (κ2) is 5.74. The second-order valence-electron chi connectivity index (χ2n) is 5.33. The molecule has 0 aromatic heterocycles. The molecule has 0 bridgehead atoms. The van der Waals surface area contributed by atoms with Gasteiger partial charge < -0.3 is 0 Å². The summed E-state index contributed by atoms with van der Waals surface area (Å²) in [6, 6.07) is 0. The molecule has 0 saturated carbocycles. The van der Waals surface area contributed by atoms with E-state index in [4.69, 9.17) is 0 Å². The SMILES string of the molecule is Cl.Cl.[CH3][Zr]([CH3])(=[GeH2])([C]1=CC=CC1)[C]1=CC=CC1. The molecule has 0 heterocycles. The van der Waals surface area contributed by atoms with Gasteiger partial charge in [-0.3, -0.25) is 0 Å². The van der Waals surface area contributed by atoms with Gasteiger partial charge in [0.2, 0.25) is 0 Å². The van der Waals surface area contributed by atoms with Crippen LogP contribution in [0.15, 0.2) is 43.0 Å². The van der Waals surface area contributed by atoms with E-state index in [2.05, 4.69) is 45.7 Å². The summed E-state index contributed by atoms with van der Waals surface area (Å²) in [7, 11) is 0. The van der Waals surface area contributed by atoms with Crippen LogP contribution in [-0.2, 0) is 15.7 Å². The third kappa shape index (κ3) is 3.04. The van der Waals surface area contributed by atoms with Crippen molar-refractivity contribution in [2.24, 2.45) is 0 Å². The van der Waals surface area contributed by atoms with E-state index in [-0.39, 0.29) is 24.8 Å². The number of hydrogen-bond donors (Lipinski definition) is 0. The number of hydrogen-bond acceptors (Lipinski definition) is 0. The van der Waals surface area contributed by atoms with Crippen LogP contribution in [0.1, 0.15) is 12.8 Å². The molecule has 2 rings (SSSR count). The Morgan fingerprint density at radius 1 is 0.938 bits per heavy atom. The molecule has 0 aromatic rings. The van der Waals surface area contributed by atoms with E-state index in [9.17, 15) is 0 Å². The molecule has 0 atom stereocenters. The van der Waals surface area contributed by atoms with Crippen molar-refractivity contribution < 1.29 is 15.7 Å². The predicted molar refractivity (Wildman–Crippen MR) is 78.4 cm³/mol. The van der Waals surface area contributed by atoms with Gasteiger partial charge in [-0.05, 0) is 0 Å². The first-order valence-electron chi connectivity index (χ1n) is 5.29. The van der Waals surface area contributed by atoms with Gasteiger partial charge in [-0.2, -0.15) is 0 Å². The number of halogens is 2. The van der Waals surface area contributed by atoms with E-state index in [1.807, 2.05) is 0 Å². The van der Waals surface area contributed by atoms with Gasteiger partial charge >= 0.3 is 92.9 Å². The molecule has 90 valence electrons. The molecule has 0 spiro atoms. The van der Waals surface area contributed by atoms with Crippen LogP contribution in [0.2, 0.25) is 9.26 Å². The van der Waals surface area contributed by atoms with E-state index in [1.54, 1.807) is 6.56 Å². The predicted octanol–water partition coefficient (Wildman–Crippen LogP) is 3.85. The number of rotatable bonds is 2. The molecule has 0 fully saturated rings. The molecule has 0 radical (unpaired) electrons. The fourth-order valence-corrected chi connectivity index (χ4v) is 16.7. The maximum absolute atomic E-state index is 2.61. The van der Waals surface area contributed by atoms with Gasteiger partial charge in [0.15, 0.2) is 0 Å². The van der Waals surface area contributed by atoms with Crippen LogP contribution in [0.3, 0.4) is 0 Å². The first-order chi connectivity index (χ1) is 6.49. The average Bonchev–Trinajstić information content (AvgIpc) is 2.78. The molecular formula is C12H20Cl2GeZr. The first-order valence-corrected chi connectivity index (χ1v) is 23.2. The Bertz CT molecular complexity index is 414. The summed E-state index contributed by atoms with van der Waals surface area (Å²) >= 11 is -1.02. The van der Waals surface area contributed by atoms with Gasteiger partial charge in [-0.1, -0.05) is 0 Å². The van der Waals surface area contributed by atoms with E-state index in [0.717, 1.165) is 0 Å². The molecule has 4 heteroatoms. The Balaban J connectivity index is 0.00000112. The quantitative estimate of drug-likeness (QED) is 0.620. The van der Waals surface area contributed by atoms with E-state index < -0.39 is 15.7 Å². The summed E-state index contributed by atoms with van der Waals surface area (Å²) < 4.78 is 8.81. The Morgan fingerprint density at radius 3 is 1.56 bits per heavy atom. The minimum absolute atomic E-state index is 0.